The highest BCUT2D eigenvalue weighted by atomic mass is 16.2. The Hall–Kier alpha value is -1.42. The molecule has 2 aliphatic rings. The second-order valence-electron chi connectivity index (χ2n) is 5.58. The molecule has 3 heterocycles. The van der Waals surface area contributed by atoms with Crippen molar-refractivity contribution in [3.05, 3.63) is 30.1 Å². The van der Waals surface area contributed by atoms with Gasteiger partial charge in [-0.1, -0.05) is 6.07 Å². The van der Waals surface area contributed by atoms with E-state index in [1.165, 1.54) is 6.42 Å². The average Bonchev–Trinajstić information content (AvgIpc) is 2.94. The lowest BCUT2D eigenvalue weighted by atomic mass is 9.91. The topological polar surface area (TPSA) is 45.2 Å². The summed E-state index contributed by atoms with van der Waals surface area (Å²) in [4.78, 5) is 18.6. The lowest BCUT2D eigenvalue weighted by molar-refractivity contribution is -0.135. The molecule has 3 rings (SSSR count). The number of rotatable bonds is 3. The van der Waals surface area contributed by atoms with Gasteiger partial charge in [-0.05, 0) is 36.8 Å². The predicted octanol–water partition coefficient (Wildman–Crippen LogP) is 1.22. The van der Waals surface area contributed by atoms with Crippen LogP contribution in [0.15, 0.2) is 24.5 Å². The van der Waals surface area contributed by atoms with Gasteiger partial charge in [-0.15, -0.1) is 0 Å². The molecule has 4 nitrogen and oxygen atoms in total. The number of amides is 1. The number of fused-ring (bicyclic) bond motifs is 1. The first-order valence-electron chi connectivity index (χ1n) is 7.23. The Morgan fingerprint density at radius 3 is 3.26 bits per heavy atom. The molecule has 1 aromatic heterocycles. The molecule has 2 aliphatic heterocycles. The Labute approximate surface area is 114 Å². The van der Waals surface area contributed by atoms with Crippen LogP contribution in [0.2, 0.25) is 0 Å². The van der Waals surface area contributed by atoms with Crippen molar-refractivity contribution in [3.8, 4) is 0 Å². The van der Waals surface area contributed by atoms with Gasteiger partial charge in [-0.2, -0.15) is 0 Å². The summed E-state index contributed by atoms with van der Waals surface area (Å²) < 4.78 is 0. The van der Waals surface area contributed by atoms with E-state index in [0.717, 1.165) is 38.0 Å². The molecule has 2 saturated heterocycles. The van der Waals surface area contributed by atoms with E-state index in [4.69, 9.17) is 0 Å². The van der Waals surface area contributed by atoms with Crippen molar-refractivity contribution in [3.63, 3.8) is 0 Å². The SMILES string of the molecule is O=C(CCc1cccnc1)N1CCCC2CNCC21. The fraction of sp³-hybridized carbons (Fsp3) is 0.600. The van der Waals surface area contributed by atoms with Gasteiger partial charge in [0.1, 0.15) is 0 Å². The highest BCUT2D eigenvalue weighted by molar-refractivity contribution is 5.77. The maximum Gasteiger partial charge on any atom is 0.223 e. The van der Waals surface area contributed by atoms with Crippen molar-refractivity contribution in [2.24, 2.45) is 5.92 Å². The van der Waals surface area contributed by atoms with Crippen LogP contribution in [0.3, 0.4) is 0 Å². The van der Waals surface area contributed by atoms with Crippen molar-refractivity contribution in [2.45, 2.75) is 31.7 Å². The second kappa shape index (κ2) is 5.70. The highest BCUT2D eigenvalue weighted by Crippen LogP contribution is 2.27. The summed E-state index contributed by atoms with van der Waals surface area (Å²) in [5.41, 5.74) is 1.15. The number of carbonyl (C=O) groups is 1. The average molecular weight is 259 g/mol. The number of likely N-dealkylation sites (tertiary alicyclic amines) is 1. The molecule has 2 atom stereocenters. The van der Waals surface area contributed by atoms with Crippen molar-refractivity contribution in [2.75, 3.05) is 19.6 Å². The Morgan fingerprint density at radius 1 is 1.47 bits per heavy atom. The first-order chi connectivity index (χ1) is 9.34. The molecule has 1 aromatic rings. The van der Waals surface area contributed by atoms with Crippen LogP contribution < -0.4 is 5.32 Å². The summed E-state index contributed by atoms with van der Waals surface area (Å²) in [6, 6.07) is 4.41. The molecule has 1 amide bonds. The third-order valence-corrected chi connectivity index (χ3v) is 4.35. The number of carbonyl (C=O) groups excluding carboxylic acids is 1. The quantitative estimate of drug-likeness (QED) is 0.888. The van der Waals surface area contributed by atoms with Crippen molar-refractivity contribution in [1.29, 1.82) is 0 Å². The molecule has 0 radical (unpaired) electrons. The van der Waals surface area contributed by atoms with E-state index in [0.29, 0.717) is 24.3 Å². The number of hydrogen-bond acceptors (Lipinski definition) is 3. The van der Waals surface area contributed by atoms with E-state index < -0.39 is 0 Å². The molecule has 102 valence electrons. The predicted molar refractivity (Wildman–Crippen MR) is 73.7 cm³/mol. The molecule has 0 bridgehead atoms. The smallest absolute Gasteiger partial charge is 0.223 e. The minimum absolute atomic E-state index is 0.308. The van der Waals surface area contributed by atoms with Gasteiger partial charge in [-0.3, -0.25) is 9.78 Å². The van der Waals surface area contributed by atoms with E-state index in [9.17, 15) is 4.79 Å². The fourth-order valence-corrected chi connectivity index (χ4v) is 3.32. The fourth-order valence-electron chi connectivity index (χ4n) is 3.32. The van der Waals surface area contributed by atoms with Gasteiger partial charge >= 0.3 is 0 Å². The number of piperidine rings is 1. The monoisotopic (exact) mass is 259 g/mol. The number of aryl methyl sites for hydroxylation is 1. The van der Waals surface area contributed by atoms with E-state index >= 15 is 0 Å². The number of pyridine rings is 1. The summed E-state index contributed by atoms with van der Waals surface area (Å²) in [7, 11) is 0. The van der Waals surface area contributed by atoms with Gasteiger partial charge in [0.15, 0.2) is 0 Å². The normalized spacial score (nSPS) is 26.2. The van der Waals surface area contributed by atoms with E-state index in [1.807, 2.05) is 18.3 Å². The molecule has 0 saturated carbocycles. The van der Waals surface area contributed by atoms with E-state index in [1.54, 1.807) is 6.20 Å². The van der Waals surface area contributed by atoms with Crippen LogP contribution in [-0.2, 0) is 11.2 Å². The highest BCUT2D eigenvalue weighted by Gasteiger charge is 2.36. The second-order valence-corrected chi connectivity index (χ2v) is 5.58. The summed E-state index contributed by atoms with van der Waals surface area (Å²) in [6.45, 7) is 3.00. The number of nitrogens with zero attached hydrogens (tertiary/aromatic N) is 2. The third-order valence-electron chi connectivity index (χ3n) is 4.35. The maximum atomic E-state index is 12.4. The first-order valence-corrected chi connectivity index (χ1v) is 7.23. The van der Waals surface area contributed by atoms with Gasteiger partial charge in [0.05, 0.1) is 0 Å². The zero-order chi connectivity index (χ0) is 13.1. The molecule has 0 aliphatic carbocycles. The number of aromatic nitrogens is 1. The molecular weight excluding hydrogens is 238 g/mol. The van der Waals surface area contributed by atoms with Gasteiger partial charge in [0.25, 0.3) is 0 Å². The van der Waals surface area contributed by atoms with Crippen LogP contribution >= 0.6 is 0 Å². The molecule has 0 aromatic carbocycles. The molecular formula is C15H21N3O. The maximum absolute atomic E-state index is 12.4. The molecule has 2 unspecified atom stereocenters. The summed E-state index contributed by atoms with van der Waals surface area (Å²) in [5.74, 6) is 0.985. The third kappa shape index (κ3) is 2.78. The van der Waals surface area contributed by atoms with Crippen LogP contribution in [0.5, 0.6) is 0 Å². The zero-order valence-corrected chi connectivity index (χ0v) is 11.2. The number of hydrogen-bond donors (Lipinski definition) is 1. The van der Waals surface area contributed by atoms with Crippen LogP contribution in [0.1, 0.15) is 24.8 Å². The lowest BCUT2D eigenvalue weighted by Gasteiger charge is -2.37. The first kappa shape index (κ1) is 12.6. The van der Waals surface area contributed by atoms with Crippen LogP contribution in [0.25, 0.3) is 0 Å². The minimum atomic E-state index is 0.308. The molecule has 19 heavy (non-hydrogen) atoms. The zero-order valence-electron chi connectivity index (χ0n) is 11.2. The molecule has 2 fully saturated rings. The largest absolute Gasteiger partial charge is 0.338 e. The Bertz CT molecular complexity index is 434. The lowest BCUT2D eigenvalue weighted by Crippen LogP contribution is -2.48. The minimum Gasteiger partial charge on any atom is -0.338 e. The molecule has 4 heteroatoms. The van der Waals surface area contributed by atoms with Crippen LogP contribution in [0.4, 0.5) is 0 Å². The van der Waals surface area contributed by atoms with Gasteiger partial charge in [0, 0.05) is 44.5 Å². The van der Waals surface area contributed by atoms with Gasteiger partial charge in [0.2, 0.25) is 5.91 Å². The summed E-state index contributed by atoms with van der Waals surface area (Å²) >= 11 is 0. The van der Waals surface area contributed by atoms with Crippen molar-refractivity contribution >= 4 is 5.91 Å². The van der Waals surface area contributed by atoms with E-state index in [2.05, 4.69) is 15.2 Å². The Morgan fingerprint density at radius 2 is 2.42 bits per heavy atom. The summed E-state index contributed by atoms with van der Waals surface area (Å²) in [6.07, 6.45) is 7.45. The van der Waals surface area contributed by atoms with Crippen molar-refractivity contribution in [1.82, 2.24) is 15.2 Å². The van der Waals surface area contributed by atoms with Crippen LogP contribution in [0, 0.1) is 5.92 Å². The summed E-state index contributed by atoms with van der Waals surface area (Å²) in [5, 5.41) is 3.42. The Balaban J connectivity index is 1.57. The molecule has 0 spiro atoms. The van der Waals surface area contributed by atoms with Gasteiger partial charge in [-0.25, -0.2) is 0 Å². The Kier molecular flexibility index (Phi) is 3.78. The van der Waals surface area contributed by atoms with E-state index in [-0.39, 0.29) is 0 Å². The van der Waals surface area contributed by atoms with Gasteiger partial charge < -0.3 is 10.2 Å². The van der Waals surface area contributed by atoms with Crippen LogP contribution in [-0.4, -0.2) is 41.5 Å². The molecule has 1 N–H and O–H groups in total. The standard InChI is InChI=1S/C15H21N3O/c19-15(6-5-12-3-1-7-16-9-12)18-8-2-4-13-10-17-11-14(13)18/h1,3,7,9,13-14,17H,2,4-6,8,10-11H2. The van der Waals surface area contributed by atoms with Crippen molar-refractivity contribution < 1.29 is 4.79 Å². The number of nitrogens with one attached hydrogen (secondary N) is 1.